The Morgan fingerprint density at radius 3 is 2.56 bits per heavy atom. The van der Waals surface area contributed by atoms with E-state index in [9.17, 15) is 33.3 Å². The van der Waals surface area contributed by atoms with Gasteiger partial charge >= 0.3 is 12.3 Å². The lowest BCUT2D eigenvalue weighted by Gasteiger charge is -2.43. The number of nitrogens with zero attached hydrogens (tertiary/aromatic N) is 1. The Hall–Kier alpha value is -1.88. The van der Waals surface area contributed by atoms with Crippen molar-refractivity contribution in [2.24, 2.45) is 11.8 Å². The molecule has 0 unspecified atom stereocenters. The van der Waals surface area contributed by atoms with Crippen molar-refractivity contribution in [2.45, 2.75) is 63.8 Å². The molecule has 0 radical (unpaired) electrons. The van der Waals surface area contributed by atoms with Crippen molar-refractivity contribution in [2.75, 3.05) is 19.6 Å². The fraction of sp³-hybridized carbons (Fsp3) is 0.682. The Bertz CT molecular complexity index is 785. The molecule has 32 heavy (non-hydrogen) atoms. The van der Waals surface area contributed by atoms with Gasteiger partial charge < -0.3 is 25.4 Å². The van der Waals surface area contributed by atoms with E-state index in [1.165, 1.54) is 18.2 Å². The Kier molecular flexibility index (Phi) is 8.02. The number of rotatable bonds is 8. The first-order valence-corrected chi connectivity index (χ1v) is 11.0. The number of aliphatic carboxylic acids is 1. The van der Waals surface area contributed by atoms with Gasteiger partial charge in [-0.1, -0.05) is 31.7 Å². The number of carbonyl (C=O) groups is 1. The first-order chi connectivity index (χ1) is 15.1. The van der Waals surface area contributed by atoms with Gasteiger partial charge in [0.15, 0.2) is 6.10 Å². The maximum Gasteiger partial charge on any atom is 0.573 e. The molecule has 10 heteroatoms. The summed E-state index contributed by atoms with van der Waals surface area (Å²) in [4.78, 5) is 13.3. The highest BCUT2D eigenvalue weighted by Crippen LogP contribution is 2.37. The van der Waals surface area contributed by atoms with Gasteiger partial charge in [0.2, 0.25) is 0 Å². The number of alkyl halides is 3. The normalized spacial score (nSPS) is 23.6. The number of aliphatic hydroxyl groups excluding tert-OH is 2. The van der Waals surface area contributed by atoms with Crippen LogP contribution in [-0.2, 0) is 4.79 Å². The highest BCUT2D eigenvalue weighted by Gasteiger charge is 2.41. The number of benzene rings is 1. The van der Waals surface area contributed by atoms with Crippen molar-refractivity contribution >= 4 is 5.97 Å². The fourth-order valence-electron chi connectivity index (χ4n) is 5.02. The number of aliphatic hydroxyl groups is 2. The van der Waals surface area contributed by atoms with Gasteiger partial charge in [0.1, 0.15) is 12.0 Å². The van der Waals surface area contributed by atoms with E-state index in [0.29, 0.717) is 37.2 Å². The summed E-state index contributed by atoms with van der Waals surface area (Å²) in [6.07, 6.45) is -3.30. The second kappa shape index (κ2) is 10.4. The molecular formula is C22H31F3N2O5. The van der Waals surface area contributed by atoms with Gasteiger partial charge in [-0.15, -0.1) is 13.2 Å². The average Bonchev–Trinajstić information content (AvgIpc) is 3.23. The number of nitrogens with one attached hydrogen (secondary N) is 1. The average molecular weight is 460 g/mol. The van der Waals surface area contributed by atoms with E-state index < -0.39 is 36.6 Å². The summed E-state index contributed by atoms with van der Waals surface area (Å²) in [6, 6.07) is 3.67. The van der Waals surface area contributed by atoms with E-state index in [1.807, 2.05) is 0 Å². The number of carboxylic acids is 1. The molecule has 0 amide bonds. The summed E-state index contributed by atoms with van der Waals surface area (Å²) in [7, 11) is 0. The van der Waals surface area contributed by atoms with Crippen molar-refractivity contribution < 1.29 is 38.0 Å². The van der Waals surface area contributed by atoms with Crippen LogP contribution in [0.5, 0.6) is 5.75 Å². The molecule has 1 aliphatic heterocycles. The van der Waals surface area contributed by atoms with Crippen molar-refractivity contribution in [1.82, 2.24) is 10.2 Å². The molecule has 1 saturated heterocycles. The molecule has 2 aliphatic rings. The zero-order valence-corrected chi connectivity index (χ0v) is 18.0. The summed E-state index contributed by atoms with van der Waals surface area (Å²) < 4.78 is 41.6. The first-order valence-electron chi connectivity index (χ1n) is 11.0. The maximum atomic E-state index is 12.5. The minimum absolute atomic E-state index is 0.255. The predicted octanol–water partition coefficient (Wildman–Crippen LogP) is 2.80. The summed E-state index contributed by atoms with van der Waals surface area (Å²) in [6.45, 7) is 3.05. The van der Waals surface area contributed by atoms with Gasteiger partial charge in [0.05, 0.1) is 0 Å². The van der Waals surface area contributed by atoms with Crippen LogP contribution >= 0.6 is 0 Å². The molecule has 2 fully saturated rings. The molecule has 1 aliphatic carbocycles. The summed E-state index contributed by atoms with van der Waals surface area (Å²) in [5.74, 6) is -2.31. The Balaban J connectivity index is 1.84. The second-order valence-electron chi connectivity index (χ2n) is 8.77. The zero-order valence-electron chi connectivity index (χ0n) is 18.0. The van der Waals surface area contributed by atoms with Crippen molar-refractivity contribution in [3.8, 4) is 5.75 Å². The third-order valence-electron chi connectivity index (χ3n) is 6.58. The van der Waals surface area contributed by atoms with Crippen LogP contribution in [0, 0.1) is 18.8 Å². The van der Waals surface area contributed by atoms with Crippen LogP contribution in [0.2, 0.25) is 0 Å². The SMILES string of the molecule is Cc1cc(OC(F)(F)F)ccc1[C@@H]1CNCCN1[C@@H](O)[C@@H](CC1CCCC1)[C@H](O)C(=O)O. The smallest absolute Gasteiger partial charge is 0.479 e. The Morgan fingerprint density at radius 1 is 1.28 bits per heavy atom. The minimum Gasteiger partial charge on any atom is -0.479 e. The molecule has 4 atom stereocenters. The van der Waals surface area contributed by atoms with Gasteiger partial charge in [0, 0.05) is 31.6 Å². The highest BCUT2D eigenvalue weighted by molar-refractivity contribution is 5.72. The molecule has 0 spiro atoms. The number of hydrogen-bond donors (Lipinski definition) is 4. The molecule has 180 valence electrons. The molecule has 1 aromatic rings. The number of ether oxygens (including phenoxy) is 1. The summed E-state index contributed by atoms with van der Waals surface area (Å²) in [5.41, 5.74) is 1.26. The van der Waals surface area contributed by atoms with E-state index >= 15 is 0 Å². The fourth-order valence-corrected chi connectivity index (χ4v) is 5.02. The predicted molar refractivity (Wildman–Crippen MR) is 110 cm³/mol. The van der Waals surface area contributed by atoms with Gasteiger partial charge in [-0.25, -0.2) is 4.79 Å². The van der Waals surface area contributed by atoms with Crippen LogP contribution in [0.3, 0.4) is 0 Å². The number of hydrogen-bond acceptors (Lipinski definition) is 6. The van der Waals surface area contributed by atoms with Crippen molar-refractivity contribution in [3.05, 3.63) is 29.3 Å². The number of piperazine rings is 1. The second-order valence-corrected chi connectivity index (χ2v) is 8.77. The van der Waals surface area contributed by atoms with Gasteiger partial charge in [-0.2, -0.15) is 0 Å². The molecule has 1 heterocycles. The standard InChI is InChI=1S/C22H31F3N2O5/c1-13-10-15(32-22(23,24)25)6-7-16(13)18-12-26-8-9-27(18)20(29)17(19(28)21(30)31)11-14-4-2-3-5-14/h6-7,10,14,17-20,26,28-29H,2-5,8-9,11-12H2,1H3,(H,30,31)/t17-,18-,19-,20-/m0/s1. The summed E-state index contributed by atoms with van der Waals surface area (Å²) >= 11 is 0. The highest BCUT2D eigenvalue weighted by atomic mass is 19.4. The minimum atomic E-state index is -4.79. The maximum absolute atomic E-state index is 12.5. The third kappa shape index (κ3) is 6.12. The molecule has 3 rings (SSSR count). The van der Waals surface area contributed by atoms with Crippen LogP contribution in [0.25, 0.3) is 0 Å². The molecule has 1 saturated carbocycles. The number of halogens is 3. The van der Waals surface area contributed by atoms with Crippen LogP contribution in [0.15, 0.2) is 18.2 Å². The first kappa shape index (κ1) is 24.8. The van der Waals surface area contributed by atoms with E-state index in [1.54, 1.807) is 11.8 Å². The quantitative estimate of drug-likeness (QED) is 0.473. The Morgan fingerprint density at radius 2 is 1.97 bits per heavy atom. The van der Waals surface area contributed by atoms with Crippen LogP contribution in [-0.4, -0.2) is 64.5 Å². The third-order valence-corrected chi connectivity index (χ3v) is 6.58. The molecule has 7 nitrogen and oxygen atoms in total. The van der Waals surface area contributed by atoms with Crippen molar-refractivity contribution in [1.29, 1.82) is 0 Å². The molecular weight excluding hydrogens is 429 g/mol. The lowest BCUT2D eigenvalue weighted by atomic mass is 9.86. The van der Waals surface area contributed by atoms with Crippen molar-refractivity contribution in [3.63, 3.8) is 0 Å². The van der Waals surface area contributed by atoms with Gasteiger partial charge in [-0.05, 0) is 42.5 Å². The monoisotopic (exact) mass is 460 g/mol. The van der Waals surface area contributed by atoms with E-state index in [0.717, 1.165) is 25.7 Å². The Labute approximate surface area is 185 Å². The van der Waals surface area contributed by atoms with Crippen LogP contribution in [0.4, 0.5) is 13.2 Å². The van der Waals surface area contributed by atoms with Crippen LogP contribution < -0.4 is 10.1 Å². The number of carboxylic acid groups (broad SMARTS) is 1. The lowest BCUT2D eigenvalue weighted by molar-refractivity contribution is -0.274. The van der Waals surface area contributed by atoms with Crippen LogP contribution in [0.1, 0.15) is 49.3 Å². The largest absolute Gasteiger partial charge is 0.573 e. The van der Waals surface area contributed by atoms with E-state index in [4.69, 9.17) is 0 Å². The van der Waals surface area contributed by atoms with Gasteiger partial charge in [0.25, 0.3) is 0 Å². The zero-order chi connectivity index (χ0) is 23.5. The molecule has 4 N–H and O–H groups in total. The summed E-state index contributed by atoms with van der Waals surface area (Å²) in [5, 5.41) is 34.3. The van der Waals surface area contributed by atoms with Gasteiger partial charge in [-0.3, -0.25) is 4.90 Å². The van der Waals surface area contributed by atoms with E-state index in [-0.39, 0.29) is 11.7 Å². The topological polar surface area (TPSA) is 102 Å². The molecule has 1 aromatic carbocycles. The van der Waals surface area contributed by atoms with E-state index in [2.05, 4.69) is 10.1 Å². The lowest BCUT2D eigenvalue weighted by Crippen LogP contribution is -2.55. The number of aryl methyl sites for hydroxylation is 1. The molecule has 0 aromatic heterocycles. The molecule has 0 bridgehead atoms.